The molecule has 1 aromatic carbocycles. The fraction of sp³-hybridized carbons (Fsp3) is 0.389. The summed E-state index contributed by atoms with van der Waals surface area (Å²) in [7, 11) is 0. The monoisotopic (exact) mass is 329 g/mol. The molecule has 24 heavy (non-hydrogen) atoms. The highest BCUT2D eigenvalue weighted by molar-refractivity contribution is 6.02. The van der Waals surface area contributed by atoms with Crippen molar-refractivity contribution in [3.8, 4) is 11.3 Å². The van der Waals surface area contributed by atoms with E-state index in [2.05, 4.69) is 10.5 Å². The SMILES string of the molecule is CCN(CC(=O)NC(C)C)C(=O)c1c(-c2ccccc2)noc1C. The van der Waals surface area contributed by atoms with Gasteiger partial charge in [-0.15, -0.1) is 0 Å². The van der Waals surface area contributed by atoms with Gasteiger partial charge in [-0.25, -0.2) is 0 Å². The molecule has 0 fully saturated rings. The van der Waals surface area contributed by atoms with E-state index >= 15 is 0 Å². The minimum Gasteiger partial charge on any atom is -0.360 e. The predicted octanol–water partition coefficient (Wildman–Crippen LogP) is 2.64. The Morgan fingerprint density at radius 3 is 2.50 bits per heavy atom. The third kappa shape index (κ3) is 4.01. The van der Waals surface area contributed by atoms with Crippen LogP contribution in [0.5, 0.6) is 0 Å². The van der Waals surface area contributed by atoms with Gasteiger partial charge in [0.15, 0.2) is 0 Å². The molecule has 0 spiro atoms. The lowest BCUT2D eigenvalue weighted by atomic mass is 10.1. The third-order valence-electron chi connectivity index (χ3n) is 3.58. The van der Waals surface area contributed by atoms with Gasteiger partial charge in [0.25, 0.3) is 5.91 Å². The molecule has 0 bridgehead atoms. The predicted molar refractivity (Wildman–Crippen MR) is 91.5 cm³/mol. The Morgan fingerprint density at radius 1 is 1.25 bits per heavy atom. The first-order valence-corrected chi connectivity index (χ1v) is 8.04. The summed E-state index contributed by atoms with van der Waals surface area (Å²) in [5.74, 6) is 0.00569. The van der Waals surface area contributed by atoms with Crippen molar-refractivity contribution in [1.82, 2.24) is 15.4 Å². The second kappa shape index (κ2) is 7.77. The first-order chi connectivity index (χ1) is 11.4. The van der Waals surface area contributed by atoms with E-state index in [1.807, 2.05) is 51.1 Å². The van der Waals surface area contributed by atoms with Crippen molar-refractivity contribution in [1.29, 1.82) is 0 Å². The third-order valence-corrected chi connectivity index (χ3v) is 3.58. The molecule has 0 aliphatic heterocycles. The van der Waals surface area contributed by atoms with E-state index in [4.69, 9.17) is 4.52 Å². The van der Waals surface area contributed by atoms with Gasteiger partial charge in [0.05, 0.1) is 6.54 Å². The zero-order chi connectivity index (χ0) is 17.7. The van der Waals surface area contributed by atoms with Crippen LogP contribution in [0.15, 0.2) is 34.9 Å². The summed E-state index contributed by atoms with van der Waals surface area (Å²) >= 11 is 0. The van der Waals surface area contributed by atoms with E-state index in [0.717, 1.165) is 5.56 Å². The van der Waals surface area contributed by atoms with Gasteiger partial charge in [0.1, 0.15) is 17.0 Å². The molecule has 1 aromatic heterocycles. The number of likely N-dealkylation sites (N-methyl/N-ethyl adjacent to an activating group) is 1. The Morgan fingerprint density at radius 2 is 1.92 bits per heavy atom. The molecule has 2 amide bonds. The first kappa shape index (κ1) is 17.7. The molecule has 0 atom stereocenters. The number of hydrogen-bond acceptors (Lipinski definition) is 4. The number of carbonyl (C=O) groups excluding carboxylic acids is 2. The van der Waals surface area contributed by atoms with Crippen LogP contribution in [0.25, 0.3) is 11.3 Å². The van der Waals surface area contributed by atoms with Crippen LogP contribution in [0, 0.1) is 6.92 Å². The molecule has 0 unspecified atom stereocenters. The van der Waals surface area contributed by atoms with Gasteiger partial charge in [-0.2, -0.15) is 0 Å². The maximum absolute atomic E-state index is 12.9. The Labute approximate surface area is 141 Å². The van der Waals surface area contributed by atoms with E-state index in [9.17, 15) is 9.59 Å². The van der Waals surface area contributed by atoms with Crippen LogP contribution in [0.1, 0.15) is 36.9 Å². The number of hydrogen-bond donors (Lipinski definition) is 1. The quantitative estimate of drug-likeness (QED) is 0.884. The normalized spacial score (nSPS) is 10.7. The number of nitrogens with zero attached hydrogens (tertiary/aromatic N) is 2. The van der Waals surface area contributed by atoms with Crippen LogP contribution in [0.4, 0.5) is 0 Å². The molecule has 2 rings (SSSR count). The molecule has 0 aliphatic carbocycles. The van der Waals surface area contributed by atoms with Crippen LogP contribution in [-0.2, 0) is 4.79 Å². The average Bonchev–Trinajstić information content (AvgIpc) is 2.93. The van der Waals surface area contributed by atoms with Crippen LogP contribution in [0.3, 0.4) is 0 Å². The van der Waals surface area contributed by atoms with Crippen molar-refractivity contribution in [3.05, 3.63) is 41.7 Å². The Hall–Kier alpha value is -2.63. The molecule has 0 saturated heterocycles. The highest BCUT2D eigenvalue weighted by Gasteiger charge is 2.26. The molecule has 128 valence electrons. The Bertz CT molecular complexity index is 708. The van der Waals surface area contributed by atoms with E-state index < -0.39 is 0 Å². The molecule has 2 aromatic rings. The average molecular weight is 329 g/mol. The van der Waals surface area contributed by atoms with E-state index in [1.54, 1.807) is 6.92 Å². The van der Waals surface area contributed by atoms with Gasteiger partial charge >= 0.3 is 0 Å². The van der Waals surface area contributed by atoms with Crippen LogP contribution >= 0.6 is 0 Å². The lowest BCUT2D eigenvalue weighted by Gasteiger charge is -2.21. The van der Waals surface area contributed by atoms with Gasteiger partial charge in [-0.05, 0) is 27.7 Å². The summed E-state index contributed by atoms with van der Waals surface area (Å²) in [6, 6.07) is 9.42. The molecule has 0 saturated carbocycles. The minimum absolute atomic E-state index is 0.00631. The maximum Gasteiger partial charge on any atom is 0.260 e. The molecule has 1 heterocycles. The van der Waals surface area contributed by atoms with Crippen molar-refractivity contribution in [3.63, 3.8) is 0 Å². The summed E-state index contributed by atoms with van der Waals surface area (Å²) < 4.78 is 5.24. The van der Waals surface area contributed by atoms with E-state index in [-0.39, 0.29) is 24.4 Å². The highest BCUT2D eigenvalue weighted by Crippen LogP contribution is 2.26. The number of aromatic nitrogens is 1. The lowest BCUT2D eigenvalue weighted by molar-refractivity contribution is -0.122. The molecule has 1 N–H and O–H groups in total. The van der Waals surface area contributed by atoms with E-state index in [0.29, 0.717) is 23.6 Å². The number of amides is 2. The van der Waals surface area contributed by atoms with Crippen molar-refractivity contribution in [2.45, 2.75) is 33.7 Å². The first-order valence-electron chi connectivity index (χ1n) is 8.04. The molecule has 6 nitrogen and oxygen atoms in total. The molecule has 0 radical (unpaired) electrons. The summed E-state index contributed by atoms with van der Waals surface area (Å²) in [6.45, 7) is 7.73. The fourth-order valence-electron chi connectivity index (χ4n) is 2.44. The summed E-state index contributed by atoms with van der Waals surface area (Å²) in [4.78, 5) is 26.4. The van der Waals surface area contributed by atoms with Gasteiger partial charge < -0.3 is 14.7 Å². The molecule has 6 heteroatoms. The van der Waals surface area contributed by atoms with Crippen molar-refractivity contribution in [2.24, 2.45) is 0 Å². The van der Waals surface area contributed by atoms with Gasteiger partial charge in [0, 0.05) is 18.2 Å². The minimum atomic E-state index is -0.256. The van der Waals surface area contributed by atoms with Crippen molar-refractivity contribution in [2.75, 3.05) is 13.1 Å². The van der Waals surface area contributed by atoms with Gasteiger partial charge in [0.2, 0.25) is 5.91 Å². The van der Waals surface area contributed by atoms with Gasteiger partial charge in [-0.1, -0.05) is 35.5 Å². The van der Waals surface area contributed by atoms with Gasteiger partial charge in [-0.3, -0.25) is 9.59 Å². The van der Waals surface area contributed by atoms with Crippen LogP contribution < -0.4 is 5.32 Å². The number of aryl methyl sites for hydroxylation is 1. The topological polar surface area (TPSA) is 75.4 Å². The maximum atomic E-state index is 12.9. The number of carbonyl (C=O) groups is 2. The Balaban J connectivity index is 2.28. The summed E-state index contributed by atoms with van der Waals surface area (Å²) in [5.41, 5.74) is 1.71. The lowest BCUT2D eigenvalue weighted by Crippen LogP contribution is -2.42. The number of nitrogens with one attached hydrogen (secondary N) is 1. The number of rotatable bonds is 6. The largest absolute Gasteiger partial charge is 0.360 e. The Kier molecular flexibility index (Phi) is 5.73. The highest BCUT2D eigenvalue weighted by atomic mass is 16.5. The zero-order valence-corrected chi connectivity index (χ0v) is 14.5. The van der Waals surface area contributed by atoms with E-state index in [1.165, 1.54) is 4.90 Å². The standard InChI is InChI=1S/C18H23N3O3/c1-5-21(11-15(22)19-12(2)3)18(23)16-13(4)24-20-17(16)14-9-7-6-8-10-14/h6-10,12H,5,11H2,1-4H3,(H,19,22). The van der Waals surface area contributed by atoms with Crippen LogP contribution in [-0.4, -0.2) is 41.0 Å². The second-order valence-electron chi connectivity index (χ2n) is 5.87. The molecule has 0 aliphatic rings. The summed E-state index contributed by atoms with van der Waals surface area (Å²) in [6.07, 6.45) is 0. The van der Waals surface area contributed by atoms with Crippen molar-refractivity contribution < 1.29 is 14.1 Å². The molecular formula is C18H23N3O3. The number of benzene rings is 1. The summed E-state index contributed by atoms with van der Waals surface area (Å²) in [5, 5.41) is 6.82. The second-order valence-corrected chi connectivity index (χ2v) is 5.87. The smallest absolute Gasteiger partial charge is 0.260 e. The molecular weight excluding hydrogens is 306 g/mol. The fourth-order valence-corrected chi connectivity index (χ4v) is 2.44. The zero-order valence-electron chi connectivity index (χ0n) is 14.5. The van der Waals surface area contributed by atoms with Crippen molar-refractivity contribution >= 4 is 11.8 Å². The van der Waals surface area contributed by atoms with Crippen LogP contribution in [0.2, 0.25) is 0 Å².